The molecule has 6 nitrogen and oxygen atoms in total. The van der Waals surface area contributed by atoms with Crippen LogP contribution < -0.4 is 5.32 Å². The van der Waals surface area contributed by atoms with Gasteiger partial charge in [0.2, 0.25) is 0 Å². The maximum Gasteiger partial charge on any atom is 0.501 e. The Labute approximate surface area is 170 Å². The molecular weight excluding hydrogens is 374 g/mol. The van der Waals surface area contributed by atoms with Crippen molar-refractivity contribution in [2.24, 2.45) is 0 Å². The number of piperazine rings is 1. The lowest BCUT2D eigenvalue weighted by molar-refractivity contribution is 0.0310. The minimum absolute atomic E-state index is 0.166. The van der Waals surface area contributed by atoms with Crippen molar-refractivity contribution in [1.82, 2.24) is 14.8 Å². The average molecular weight is 420 g/mol. The Hall–Kier alpha value is 0.194. The smallest absolute Gasteiger partial charge is 0.374 e. The van der Waals surface area contributed by atoms with Gasteiger partial charge in [0.1, 0.15) is 8.24 Å². The van der Waals surface area contributed by atoms with Crippen molar-refractivity contribution in [3.8, 4) is 0 Å². The maximum absolute atomic E-state index is 6.52. The molecule has 0 aromatic heterocycles. The summed E-state index contributed by atoms with van der Waals surface area (Å²) >= 11 is 0. The van der Waals surface area contributed by atoms with Crippen molar-refractivity contribution in [2.45, 2.75) is 65.4 Å². The van der Waals surface area contributed by atoms with Crippen LogP contribution in [0.25, 0.3) is 0 Å². The van der Waals surface area contributed by atoms with E-state index in [-0.39, 0.29) is 6.10 Å². The van der Waals surface area contributed by atoms with Gasteiger partial charge in [0.15, 0.2) is 0 Å². The second-order valence-electron chi connectivity index (χ2n) is 8.55. The topological polar surface area (TPSA) is 46.2 Å². The first kappa shape index (κ1) is 25.2. The summed E-state index contributed by atoms with van der Waals surface area (Å²) < 4.78 is 21.4. The molecule has 1 heterocycles. The molecule has 1 fully saturated rings. The lowest BCUT2D eigenvalue weighted by atomic mass is 10.2. The first-order chi connectivity index (χ1) is 12.7. The van der Waals surface area contributed by atoms with Crippen LogP contribution in [0.3, 0.4) is 0 Å². The van der Waals surface area contributed by atoms with Crippen molar-refractivity contribution in [3.05, 3.63) is 0 Å². The number of hydrogen-bond donors (Lipinski definition) is 1. The molecule has 162 valence electrons. The lowest BCUT2D eigenvalue weighted by Gasteiger charge is -2.35. The van der Waals surface area contributed by atoms with E-state index in [0.29, 0.717) is 13.2 Å². The zero-order chi connectivity index (χ0) is 20.3. The molecule has 0 amide bonds. The molecule has 1 saturated heterocycles. The van der Waals surface area contributed by atoms with Crippen molar-refractivity contribution in [2.75, 3.05) is 59.5 Å². The van der Waals surface area contributed by atoms with E-state index in [4.69, 9.17) is 13.3 Å². The van der Waals surface area contributed by atoms with E-state index < -0.39 is 17.0 Å². The first-order valence-corrected chi connectivity index (χ1v) is 16.2. The molecule has 1 aliphatic rings. The SMILES string of the molecule is CCO[Si](CCCN(C)[Si](C)(C)C)(OCC)OC(C)CCN1CCNCC1. The Morgan fingerprint density at radius 3 is 2.19 bits per heavy atom. The summed E-state index contributed by atoms with van der Waals surface area (Å²) in [6.45, 7) is 21.4. The van der Waals surface area contributed by atoms with E-state index in [1.807, 2.05) is 13.8 Å². The van der Waals surface area contributed by atoms with Crippen molar-refractivity contribution >= 4 is 17.0 Å². The Balaban J connectivity index is 2.56. The molecule has 1 unspecified atom stereocenters. The monoisotopic (exact) mass is 419 g/mol. The fourth-order valence-corrected chi connectivity index (χ4v) is 6.94. The van der Waals surface area contributed by atoms with Gasteiger partial charge in [-0.15, -0.1) is 0 Å². The van der Waals surface area contributed by atoms with Gasteiger partial charge in [-0.2, -0.15) is 0 Å². The normalized spacial score (nSPS) is 18.2. The quantitative estimate of drug-likeness (QED) is 0.437. The molecule has 1 rings (SSSR count). The standard InChI is InChI=1S/C19H45N3O3Si2/c1-8-23-27(24-9-2,18-10-14-21(4)26(5,6)7)25-19(3)11-15-22-16-12-20-13-17-22/h19-20H,8-18H2,1-7H3. The van der Waals surface area contributed by atoms with E-state index in [2.05, 4.69) is 48.4 Å². The van der Waals surface area contributed by atoms with E-state index in [0.717, 1.165) is 58.2 Å². The van der Waals surface area contributed by atoms with Crippen LogP contribution in [0.5, 0.6) is 0 Å². The maximum atomic E-state index is 6.52. The Bertz CT molecular complexity index is 385. The highest BCUT2D eigenvalue weighted by molar-refractivity contribution is 6.73. The van der Waals surface area contributed by atoms with Gasteiger partial charge in [-0.1, -0.05) is 19.6 Å². The molecule has 1 N–H and O–H groups in total. The molecule has 27 heavy (non-hydrogen) atoms. The third kappa shape index (κ3) is 9.98. The molecule has 0 bridgehead atoms. The molecule has 0 radical (unpaired) electrons. The van der Waals surface area contributed by atoms with Crippen LogP contribution >= 0.6 is 0 Å². The van der Waals surface area contributed by atoms with E-state index in [1.54, 1.807) is 0 Å². The number of hydrogen-bond acceptors (Lipinski definition) is 6. The van der Waals surface area contributed by atoms with Crippen LogP contribution in [0.2, 0.25) is 25.7 Å². The summed E-state index contributed by atoms with van der Waals surface area (Å²) in [5, 5.41) is 3.41. The summed E-state index contributed by atoms with van der Waals surface area (Å²) in [6, 6.07) is 0.904. The van der Waals surface area contributed by atoms with Crippen molar-refractivity contribution in [3.63, 3.8) is 0 Å². The fourth-order valence-electron chi connectivity index (χ4n) is 3.29. The average Bonchev–Trinajstić information content (AvgIpc) is 2.60. The van der Waals surface area contributed by atoms with E-state index >= 15 is 0 Å². The molecule has 0 aromatic rings. The lowest BCUT2D eigenvalue weighted by Crippen LogP contribution is -2.50. The van der Waals surface area contributed by atoms with Crippen LogP contribution in [0.15, 0.2) is 0 Å². The minimum Gasteiger partial charge on any atom is -0.374 e. The number of nitrogens with zero attached hydrogens (tertiary/aromatic N) is 2. The Morgan fingerprint density at radius 1 is 1.07 bits per heavy atom. The van der Waals surface area contributed by atoms with Gasteiger partial charge < -0.3 is 28.1 Å². The van der Waals surface area contributed by atoms with Crippen molar-refractivity contribution < 1.29 is 13.3 Å². The third-order valence-corrected chi connectivity index (χ3v) is 11.0. The van der Waals surface area contributed by atoms with Gasteiger partial charge in [-0.25, -0.2) is 0 Å². The Morgan fingerprint density at radius 2 is 1.67 bits per heavy atom. The molecule has 0 saturated carbocycles. The molecular formula is C19H45N3O3Si2. The Kier molecular flexibility index (Phi) is 11.9. The van der Waals surface area contributed by atoms with Gasteiger partial charge in [-0.05, 0) is 47.2 Å². The molecule has 1 aliphatic heterocycles. The van der Waals surface area contributed by atoms with Crippen LogP contribution in [0, 0.1) is 0 Å². The zero-order valence-corrected chi connectivity index (χ0v) is 21.0. The van der Waals surface area contributed by atoms with Crippen LogP contribution in [0.4, 0.5) is 0 Å². The second-order valence-corrected chi connectivity index (χ2v) is 16.3. The summed E-state index contributed by atoms with van der Waals surface area (Å²) in [4.78, 5) is 2.52. The molecule has 8 heteroatoms. The van der Waals surface area contributed by atoms with Crippen LogP contribution in [-0.4, -0.2) is 92.1 Å². The highest BCUT2D eigenvalue weighted by Crippen LogP contribution is 2.22. The minimum atomic E-state index is -2.61. The van der Waals surface area contributed by atoms with Crippen LogP contribution in [-0.2, 0) is 13.3 Å². The van der Waals surface area contributed by atoms with Gasteiger partial charge in [-0.3, -0.25) is 0 Å². The van der Waals surface area contributed by atoms with E-state index in [9.17, 15) is 0 Å². The third-order valence-electron chi connectivity index (χ3n) is 5.29. The zero-order valence-electron chi connectivity index (χ0n) is 19.0. The molecule has 1 atom stereocenters. The second kappa shape index (κ2) is 12.7. The predicted molar refractivity (Wildman–Crippen MR) is 119 cm³/mol. The summed E-state index contributed by atoms with van der Waals surface area (Å²) in [7, 11) is -1.61. The first-order valence-electron chi connectivity index (χ1n) is 10.8. The molecule has 0 aromatic carbocycles. The highest BCUT2D eigenvalue weighted by atomic mass is 28.4. The van der Waals surface area contributed by atoms with Crippen LogP contribution in [0.1, 0.15) is 33.6 Å². The van der Waals surface area contributed by atoms with Gasteiger partial charge in [0.25, 0.3) is 0 Å². The largest absolute Gasteiger partial charge is 0.501 e. The summed E-state index contributed by atoms with van der Waals surface area (Å²) in [6.07, 6.45) is 2.26. The molecule has 0 spiro atoms. The summed E-state index contributed by atoms with van der Waals surface area (Å²) in [5.41, 5.74) is 0. The van der Waals surface area contributed by atoms with Gasteiger partial charge in [0, 0.05) is 58.1 Å². The number of nitrogens with one attached hydrogen (secondary N) is 1. The van der Waals surface area contributed by atoms with Crippen molar-refractivity contribution in [1.29, 1.82) is 0 Å². The van der Waals surface area contributed by atoms with Gasteiger partial charge in [0.05, 0.1) is 0 Å². The van der Waals surface area contributed by atoms with Gasteiger partial charge >= 0.3 is 8.80 Å². The summed E-state index contributed by atoms with van der Waals surface area (Å²) in [5.74, 6) is 0. The van der Waals surface area contributed by atoms with E-state index in [1.165, 1.54) is 0 Å². The fraction of sp³-hybridized carbons (Fsp3) is 1.00. The molecule has 0 aliphatic carbocycles. The highest BCUT2D eigenvalue weighted by Gasteiger charge is 2.42. The number of rotatable bonds is 14. The predicted octanol–water partition coefficient (Wildman–Crippen LogP) is 2.86.